The summed E-state index contributed by atoms with van der Waals surface area (Å²) in [5.74, 6) is 1.24. The minimum atomic E-state index is -0.407. The molecular weight excluding hydrogens is 548 g/mol. The fraction of sp³-hybridized carbons (Fsp3) is 0.125. The Morgan fingerprint density at radius 2 is 1.80 bits per heavy atom. The summed E-state index contributed by atoms with van der Waals surface area (Å²) in [5, 5.41) is 19.7. The first-order valence-corrected chi connectivity index (χ1v) is 12.8. The van der Waals surface area contributed by atoms with Gasteiger partial charge in [0.1, 0.15) is 10.8 Å². The van der Waals surface area contributed by atoms with Gasteiger partial charge < -0.3 is 9.73 Å². The van der Waals surface area contributed by atoms with Crippen LogP contribution in [0.3, 0.4) is 0 Å². The monoisotopic (exact) mass is 566 g/mol. The molecule has 0 bridgehead atoms. The molecule has 11 heteroatoms. The number of benzene rings is 2. The number of rotatable bonds is 6. The maximum Gasteiger partial charge on any atom is 0.293 e. The average Bonchev–Trinajstić information content (AvgIpc) is 3.60. The van der Waals surface area contributed by atoms with Gasteiger partial charge in [0.15, 0.2) is 16.7 Å². The van der Waals surface area contributed by atoms with Crippen molar-refractivity contribution in [1.82, 2.24) is 30.4 Å². The van der Waals surface area contributed by atoms with Crippen molar-refractivity contribution in [3.63, 3.8) is 0 Å². The summed E-state index contributed by atoms with van der Waals surface area (Å²) in [6.07, 6.45) is 0.775. The fourth-order valence-corrected chi connectivity index (χ4v) is 4.67. The van der Waals surface area contributed by atoms with E-state index in [0.29, 0.717) is 12.3 Å². The quantitative estimate of drug-likeness (QED) is 0.271. The first-order chi connectivity index (χ1) is 17.0. The number of aryl methyl sites for hydroxylation is 1. The lowest BCUT2D eigenvalue weighted by atomic mass is 10.1. The number of nitrogens with zero attached hydrogens (tertiary/aromatic N) is 4. The van der Waals surface area contributed by atoms with Crippen molar-refractivity contribution in [2.75, 3.05) is 0 Å². The minimum Gasteiger partial charge on any atom is -0.451 e. The molecule has 0 radical (unpaired) electrons. The zero-order valence-electron chi connectivity index (χ0n) is 18.5. The molecule has 0 unspecified atom stereocenters. The maximum absolute atomic E-state index is 12.5. The molecule has 0 aliphatic carbocycles. The molecule has 3 aromatic heterocycles. The van der Waals surface area contributed by atoms with Crippen LogP contribution in [-0.2, 0) is 13.0 Å². The number of aromatic nitrogens is 4. The first-order valence-electron chi connectivity index (χ1n) is 10.8. The Kier molecular flexibility index (Phi) is 6.71. The Bertz CT molecular complexity index is 1510. The molecule has 0 aliphatic rings. The SMILES string of the molecule is CCc1nnc2sc(-c3ccc(CNC(=S)NC(=O)c4ccc(-c5ccc(Br)cc5)o4)cc3)nn12. The molecule has 0 fully saturated rings. The van der Waals surface area contributed by atoms with Gasteiger partial charge in [0, 0.05) is 28.6 Å². The van der Waals surface area contributed by atoms with Crippen LogP contribution in [0.2, 0.25) is 0 Å². The Morgan fingerprint density at radius 1 is 1.06 bits per heavy atom. The van der Waals surface area contributed by atoms with Crippen LogP contribution in [-0.4, -0.2) is 30.8 Å². The van der Waals surface area contributed by atoms with Gasteiger partial charge in [-0.25, -0.2) is 0 Å². The lowest BCUT2D eigenvalue weighted by Gasteiger charge is -2.09. The molecule has 2 aromatic carbocycles. The Hall–Kier alpha value is -3.41. The number of hydrogen-bond donors (Lipinski definition) is 2. The average molecular weight is 567 g/mol. The van der Waals surface area contributed by atoms with E-state index in [4.69, 9.17) is 16.6 Å². The lowest BCUT2D eigenvalue weighted by Crippen LogP contribution is -2.38. The lowest BCUT2D eigenvalue weighted by molar-refractivity contribution is 0.0950. The van der Waals surface area contributed by atoms with Crippen molar-refractivity contribution in [3.05, 3.63) is 82.3 Å². The molecule has 0 spiro atoms. The molecule has 176 valence electrons. The molecular formula is C24H19BrN6O2S2. The smallest absolute Gasteiger partial charge is 0.293 e. The van der Waals surface area contributed by atoms with Gasteiger partial charge in [0.05, 0.1) is 0 Å². The van der Waals surface area contributed by atoms with Crippen LogP contribution in [0, 0.1) is 0 Å². The highest BCUT2D eigenvalue weighted by atomic mass is 79.9. The topological polar surface area (TPSA) is 97.3 Å². The number of thiocarbonyl (C=S) groups is 1. The summed E-state index contributed by atoms with van der Waals surface area (Å²) in [6, 6.07) is 19.0. The minimum absolute atomic E-state index is 0.188. The number of carbonyl (C=O) groups is 1. The van der Waals surface area contributed by atoms with E-state index in [1.165, 1.54) is 11.3 Å². The third-order valence-electron chi connectivity index (χ3n) is 5.21. The Morgan fingerprint density at radius 3 is 2.54 bits per heavy atom. The molecule has 0 saturated heterocycles. The number of hydrogen-bond acceptors (Lipinski definition) is 7. The van der Waals surface area contributed by atoms with Crippen LogP contribution in [0.25, 0.3) is 26.9 Å². The summed E-state index contributed by atoms with van der Waals surface area (Å²) >= 11 is 10.2. The highest BCUT2D eigenvalue weighted by Gasteiger charge is 2.14. The van der Waals surface area contributed by atoms with Crippen molar-refractivity contribution in [1.29, 1.82) is 0 Å². The van der Waals surface area contributed by atoms with Gasteiger partial charge >= 0.3 is 0 Å². The molecule has 0 atom stereocenters. The van der Waals surface area contributed by atoms with Gasteiger partial charge in [-0.1, -0.05) is 70.6 Å². The first kappa shape index (κ1) is 23.3. The van der Waals surface area contributed by atoms with E-state index >= 15 is 0 Å². The van der Waals surface area contributed by atoms with E-state index < -0.39 is 5.91 Å². The number of carbonyl (C=O) groups excluding carboxylic acids is 1. The van der Waals surface area contributed by atoms with Gasteiger partial charge in [-0.05, 0) is 42.0 Å². The van der Waals surface area contributed by atoms with Gasteiger partial charge in [-0.3, -0.25) is 10.1 Å². The van der Waals surface area contributed by atoms with E-state index in [1.807, 2.05) is 55.5 Å². The normalized spacial score (nSPS) is 11.0. The van der Waals surface area contributed by atoms with E-state index in [1.54, 1.807) is 16.6 Å². The highest BCUT2D eigenvalue weighted by Crippen LogP contribution is 2.26. The van der Waals surface area contributed by atoms with Gasteiger partial charge in [0.25, 0.3) is 5.91 Å². The summed E-state index contributed by atoms with van der Waals surface area (Å²) in [4.78, 5) is 13.3. The van der Waals surface area contributed by atoms with E-state index in [9.17, 15) is 4.79 Å². The van der Waals surface area contributed by atoms with Crippen molar-refractivity contribution < 1.29 is 9.21 Å². The second-order valence-electron chi connectivity index (χ2n) is 7.58. The second kappa shape index (κ2) is 10.1. The van der Waals surface area contributed by atoms with Crippen LogP contribution in [0.5, 0.6) is 0 Å². The predicted octanol–water partition coefficient (Wildman–Crippen LogP) is 5.24. The van der Waals surface area contributed by atoms with Crippen LogP contribution < -0.4 is 10.6 Å². The van der Waals surface area contributed by atoms with Crippen LogP contribution in [0.1, 0.15) is 28.9 Å². The summed E-state index contributed by atoms with van der Waals surface area (Å²) in [5.41, 5.74) is 2.89. The standard InChI is InChI=1S/C24H19BrN6O2S2/c1-2-20-28-29-24-31(20)30-22(35-24)16-5-3-14(4-6-16)13-26-23(34)27-21(32)19-12-11-18(33-19)15-7-9-17(25)10-8-15/h3-12H,2,13H2,1H3,(H2,26,27,32,34). The second-order valence-corrected chi connectivity index (χ2v) is 9.86. The summed E-state index contributed by atoms with van der Waals surface area (Å²) in [7, 11) is 0. The molecule has 8 nitrogen and oxygen atoms in total. The van der Waals surface area contributed by atoms with Crippen LogP contribution >= 0.6 is 39.5 Å². The van der Waals surface area contributed by atoms with Crippen LogP contribution in [0.15, 0.2) is 69.6 Å². The Balaban J connectivity index is 1.16. The van der Waals surface area contributed by atoms with Crippen LogP contribution in [0.4, 0.5) is 0 Å². The summed E-state index contributed by atoms with van der Waals surface area (Å²) in [6.45, 7) is 2.49. The van der Waals surface area contributed by atoms with Gasteiger partial charge in [-0.15, -0.1) is 10.2 Å². The third kappa shape index (κ3) is 5.16. The third-order valence-corrected chi connectivity index (χ3v) is 6.93. The predicted molar refractivity (Wildman–Crippen MR) is 142 cm³/mol. The van der Waals surface area contributed by atoms with Crippen molar-refractivity contribution in [3.8, 4) is 21.9 Å². The number of furan rings is 1. The van der Waals surface area contributed by atoms with Crippen molar-refractivity contribution >= 4 is 55.5 Å². The maximum atomic E-state index is 12.5. The number of amides is 1. The molecule has 1 amide bonds. The Labute approximate surface area is 218 Å². The van der Waals surface area contributed by atoms with E-state index in [2.05, 4.69) is 41.9 Å². The van der Waals surface area contributed by atoms with Gasteiger partial charge in [0.2, 0.25) is 4.96 Å². The summed E-state index contributed by atoms with van der Waals surface area (Å²) < 4.78 is 8.45. The molecule has 0 aliphatic heterocycles. The molecule has 0 saturated carbocycles. The molecule has 2 N–H and O–H groups in total. The zero-order valence-corrected chi connectivity index (χ0v) is 21.7. The zero-order chi connectivity index (χ0) is 24.4. The molecule has 3 heterocycles. The van der Waals surface area contributed by atoms with E-state index in [0.717, 1.165) is 43.4 Å². The largest absolute Gasteiger partial charge is 0.451 e. The number of nitrogens with one attached hydrogen (secondary N) is 2. The molecule has 5 rings (SSSR count). The van der Waals surface area contributed by atoms with Gasteiger partial charge in [-0.2, -0.15) is 9.61 Å². The fourth-order valence-electron chi connectivity index (χ4n) is 3.38. The molecule has 5 aromatic rings. The number of fused-ring (bicyclic) bond motifs is 1. The number of halogens is 1. The highest BCUT2D eigenvalue weighted by molar-refractivity contribution is 9.10. The van der Waals surface area contributed by atoms with E-state index in [-0.39, 0.29) is 10.9 Å². The van der Waals surface area contributed by atoms with Crippen molar-refractivity contribution in [2.24, 2.45) is 0 Å². The molecule has 35 heavy (non-hydrogen) atoms. The van der Waals surface area contributed by atoms with Crippen molar-refractivity contribution in [2.45, 2.75) is 19.9 Å².